The highest BCUT2D eigenvalue weighted by Gasteiger charge is 2.69. The van der Waals surface area contributed by atoms with Gasteiger partial charge in [-0.05, 0) is 68.1 Å². The van der Waals surface area contributed by atoms with Crippen LogP contribution in [0.25, 0.3) is 11.1 Å². The molecule has 7 nitrogen and oxygen atoms in total. The van der Waals surface area contributed by atoms with Gasteiger partial charge in [0.2, 0.25) is 10.0 Å². The Morgan fingerprint density at radius 3 is 2.03 bits per heavy atom. The van der Waals surface area contributed by atoms with Crippen molar-refractivity contribution in [2.45, 2.75) is 49.1 Å². The van der Waals surface area contributed by atoms with Gasteiger partial charge in [0.15, 0.2) is 0 Å². The molecule has 0 radical (unpaired) electrons. The van der Waals surface area contributed by atoms with E-state index < -0.39 is 45.6 Å². The maximum absolute atomic E-state index is 14.1. The van der Waals surface area contributed by atoms with Crippen molar-refractivity contribution in [1.29, 1.82) is 0 Å². The van der Waals surface area contributed by atoms with E-state index in [0.29, 0.717) is 5.02 Å². The molecule has 0 unspecified atom stereocenters. The monoisotopic (exact) mass is 555 g/mol. The molecule has 1 aliphatic carbocycles. The Hall–Kier alpha value is -3.20. The minimum Gasteiger partial charge on any atom is -0.468 e. The molecule has 0 saturated heterocycles. The summed E-state index contributed by atoms with van der Waals surface area (Å²) in [6.45, 7) is 4.44. The maximum Gasteiger partial charge on any atom is 0.328 e. The third-order valence-electron chi connectivity index (χ3n) is 6.43. The predicted octanol–water partition coefficient (Wildman–Crippen LogP) is 5.44. The lowest BCUT2D eigenvalue weighted by atomic mass is 10.1. The van der Waals surface area contributed by atoms with E-state index in [1.807, 2.05) is 42.5 Å². The summed E-state index contributed by atoms with van der Waals surface area (Å²) in [4.78, 5) is 26.1. The van der Waals surface area contributed by atoms with E-state index in [4.69, 9.17) is 21.1 Å². The number of nitrogens with zero attached hydrogens (tertiary/aromatic N) is 1. The largest absolute Gasteiger partial charge is 0.468 e. The normalized spacial score (nSPS) is 19.2. The lowest BCUT2D eigenvalue weighted by molar-refractivity contribution is -0.157. The summed E-state index contributed by atoms with van der Waals surface area (Å²) in [6.07, 6.45) is 0.175. The van der Waals surface area contributed by atoms with Crippen LogP contribution in [-0.2, 0) is 29.1 Å². The Balaban J connectivity index is 1.76. The average Bonchev–Trinajstić information content (AvgIpc) is 3.63. The van der Waals surface area contributed by atoms with Gasteiger partial charge >= 0.3 is 11.9 Å². The van der Waals surface area contributed by atoms with E-state index in [0.717, 1.165) is 21.0 Å². The molecule has 0 amide bonds. The number of hydrogen-bond donors (Lipinski definition) is 0. The van der Waals surface area contributed by atoms with Crippen LogP contribution in [0.1, 0.15) is 38.7 Å². The van der Waals surface area contributed by atoms with Crippen LogP contribution >= 0.6 is 11.6 Å². The van der Waals surface area contributed by atoms with Crippen LogP contribution in [0.4, 0.5) is 0 Å². The van der Waals surface area contributed by atoms with Crippen molar-refractivity contribution in [3.8, 4) is 11.1 Å². The number of carbonyl (C=O) groups is 2. The molecule has 0 spiro atoms. The molecule has 0 N–H and O–H groups in total. The number of rotatable bonds is 8. The molecular formula is C29H30ClNO6S. The Morgan fingerprint density at radius 2 is 1.50 bits per heavy atom. The van der Waals surface area contributed by atoms with Gasteiger partial charge in [-0.3, -0.25) is 4.79 Å². The highest BCUT2D eigenvalue weighted by Crippen LogP contribution is 2.57. The zero-order chi connectivity index (χ0) is 27.7. The highest BCUT2D eigenvalue weighted by atomic mass is 35.5. The van der Waals surface area contributed by atoms with E-state index in [-0.39, 0.29) is 11.3 Å². The van der Waals surface area contributed by atoms with Crippen molar-refractivity contribution in [2.24, 2.45) is 0 Å². The van der Waals surface area contributed by atoms with Crippen LogP contribution in [0.2, 0.25) is 5.02 Å². The Labute approximate surface area is 228 Å². The first-order chi connectivity index (χ1) is 17.9. The van der Waals surface area contributed by atoms with E-state index in [1.165, 1.54) is 19.2 Å². The minimum absolute atomic E-state index is 0.0549. The Morgan fingerprint density at radius 1 is 0.947 bits per heavy atom. The van der Waals surface area contributed by atoms with Gasteiger partial charge in [-0.15, -0.1) is 0 Å². The third-order valence-corrected chi connectivity index (χ3v) is 8.59. The Kier molecular flexibility index (Phi) is 7.70. The zero-order valence-corrected chi connectivity index (χ0v) is 23.3. The van der Waals surface area contributed by atoms with Gasteiger partial charge in [0.05, 0.1) is 12.0 Å². The second-order valence-corrected chi connectivity index (χ2v) is 12.5. The first kappa shape index (κ1) is 27.8. The average molecular weight is 556 g/mol. The first-order valence-corrected chi connectivity index (χ1v) is 13.9. The number of ether oxygens (including phenoxy) is 2. The third kappa shape index (κ3) is 5.62. The van der Waals surface area contributed by atoms with Crippen molar-refractivity contribution in [2.75, 3.05) is 13.7 Å². The van der Waals surface area contributed by atoms with Gasteiger partial charge in [-0.2, -0.15) is 4.31 Å². The van der Waals surface area contributed by atoms with Gasteiger partial charge < -0.3 is 9.47 Å². The molecule has 38 heavy (non-hydrogen) atoms. The number of benzene rings is 3. The fourth-order valence-electron chi connectivity index (χ4n) is 4.63. The summed E-state index contributed by atoms with van der Waals surface area (Å²) in [6, 6.07) is 22.6. The molecule has 2 atom stereocenters. The number of halogens is 1. The summed E-state index contributed by atoms with van der Waals surface area (Å²) in [7, 11) is -3.13. The Bertz CT molecular complexity index is 1420. The summed E-state index contributed by atoms with van der Waals surface area (Å²) >= 11 is 5.98. The topological polar surface area (TPSA) is 90.0 Å². The lowest BCUT2D eigenvalue weighted by Crippen LogP contribution is -2.51. The number of esters is 2. The molecule has 0 heterocycles. The van der Waals surface area contributed by atoms with Gasteiger partial charge in [0, 0.05) is 10.9 Å². The van der Waals surface area contributed by atoms with Crippen LogP contribution in [0.3, 0.4) is 0 Å². The van der Waals surface area contributed by atoms with Gasteiger partial charge in [0.25, 0.3) is 0 Å². The van der Waals surface area contributed by atoms with E-state index in [1.54, 1.807) is 45.0 Å². The van der Waals surface area contributed by atoms with Crippen LogP contribution in [0, 0.1) is 0 Å². The quantitative estimate of drug-likeness (QED) is 0.344. The van der Waals surface area contributed by atoms with E-state index in [9.17, 15) is 18.0 Å². The fourth-order valence-corrected chi connectivity index (χ4v) is 6.47. The second-order valence-electron chi connectivity index (χ2n) is 10.2. The molecule has 3 aromatic rings. The molecule has 4 rings (SSSR count). The van der Waals surface area contributed by atoms with E-state index in [2.05, 4.69) is 0 Å². The molecule has 1 fully saturated rings. The van der Waals surface area contributed by atoms with Crippen LogP contribution in [0.15, 0.2) is 83.8 Å². The maximum atomic E-state index is 14.1. The van der Waals surface area contributed by atoms with Crippen LogP contribution < -0.4 is 0 Å². The van der Waals surface area contributed by atoms with Crippen molar-refractivity contribution < 1.29 is 27.5 Å². The number of sulfonamides is 1. The fraction of sp³-hybridized carbons (Fsp3) is 0.310. The number of hydrogen-bond acceptors (Lipinski definition) is 6. The van der Waals surface area contributed by atoms with Crippen molar-refractivity contribution >= 4 is 33.6 Å². The van der Waals surface area contributed by atoms with Gasteiger partial charge in [-0.25, -0.2) is 13.2 Å². The second kappa shape index (κ2) is 10.5. The van der Waals surface area contributed by atoms with Gasteiger partial charge in [0.1, 0.15) is 17.7 Å². The van der Waals surface area contributed by atoms with Crippen molar-refractivity contribution in [3.05, 3.63) is 89.4 Å². The number of carbonyl (C=O) groups excluding carboxylic acids is 2. The van der Waals surface area contributed by atoms with Gasteiger partial charge in [-0.1, -0.05) is 66.2 Å². The molecule has 200 valence electrons. The molecule has 0 bridgehead atoms. The first-order valence-electron chi connectivity index (χ1n) is 12.1. The SMILES string of the molecule is COC(=O)[C@@]1(N(CC(=O)OC(C)(C)C)S(=O)(=O)c2ccc(-c3ccc(Cl)cc3)cc2)C[C@H]1c1ccccc1. The summed E-state index contributed by atoms with van der Waals surface area (Å²) < 4.78 is 39.7. The van der Waals surface area contributed by atoms with Crippen molar-refractivity contribution in [1.82, 2.24) is 4.31 Å². The summed E-state index contributed by atoms with van der Waals surface area (Å²) in [5, 5.41) is 0.594. The molecule has 9 heteroatoms. The van der Waals surface area contributed by atoms with Crippen molar-refractivity contribution in [3.63, 3.8) is 0 Å². The predicted molar refractivity (Wildman–Crippen MR) is 145 cm³/mol. The van der Waals surface area contributed by atoms with Crippen LogP contribution in [0.5, 0.6) is 0 Å². The highest BCUT2D eigenvalue weighted by molar-refractivity contribution is 7.89. The zero-order valence-electron chi connectivity index (χ0n) is 21.7. The standard InChI is InChI=1S/C29H30ClNO6S/c1-28(2,3)37-26(32)19-31(29(27(33)36-4)18-25(29)22-8-6-5-7-9-22)38(34,35)24-16-12-21(13-17-24)20-10-14-23(30)15-11-20/h5-17,25H,18-19H2,1-4H3/t25-,29+/m0/s1. The molecule has 1 aliphatic rings. The number of methoxy groups -OCH3 is 1. The van der Waals surface area contributed by atoms with Crippen LogP contribution in [-0.4, -0.2) is 49.5 Å². The molecule has 0 aliphatic heterocycles. The molecular weight excluding hydrogens is 526 g/mol. The van der Waals surface area contributed by atoms with E-state index >= 15 is 0 Å². The molecule has 1 saturated carbocycles. The minimum atomic E-state index is -4.34. The summed E-state index contributed by atoms with van der Waals surface area (Å²) in [5.41, 5.74) is 0.00566. The smallest absolute Gasteiger partial charge is 0.328 e. The molecule has 3 aromatic carbocycles. The lowest BCUT2D eigenvalue weighted by Gasteiger charge is -2.31. The summed E-state index contributed by atoms with van der Waals surface area (Å²) in [5.74, 6) is -1.97. The molecule has 0 aromatic heterocycles.